The molecule has 0 aromatic carbocycles. The predicted octanol–water partition coefficient (Wildman–Crippen LogP) is 3.17. The molecule has 0 aliphatic carbocycles. The van der Waals surface area contributed by atoms with Gasteiger partial charge in [-0.05, 0) is 38.8 Å². The standard InChI is InChI=1S/C21H27N3O4/c1-14-12-17(13-20(22-14)25-3)28-16-6-8-24(9-7-16)15(2)18-4-5-19-21(23-18)27-11-10-26-19/h4-5,12-13,15-16H,6-11H2,1-3H3/t15-/m0/s1. The molecule has 0 amide bonds. The number of nitrogens with zero attached hydrogens (tertiary/aromatic N) is 3. The van der Waals surface area contributed by atoms with Crippen molar-refractivity contribution in [1.82, 2.24) is 14.9 Å². The number of methoxy groups -OCH3 is 1. The molecule has 7 nitrogen and oxygen atoms in total. The largest absolute Gasteiger partial charge is 0.490 e. The van der Waals surface area contributed by atoms with Crippen LogP contribution in [0.5, 0.6) is 23.3 Å². The third-order valence-corrected chi connectivity index (χ3v) is 5.29. The van der Waals surface area contributed by atoms with Crippen molar-refractivity contribution in [3.8, 4) is 23.3 Å². The molecule has 7 heteroatoms. The van der Waals surface area contributed by atoms with Crippen molar-refractivity contribution >= 4 is 0 Å². The first-order valence-corrected chi connectivity index (χ1v) is 9.82. The quantitative estimate of drug-likeness (QED) is 0.783. The first-order chi connectivity index (χ1) is 13.6. The van der Waals surface area contributed by atoms with Gasteiger partial charge in [-0.3, -0.25) is 4.90 Å². The highest BCUT2D eigenvalue weighted by molar-refractivity contribution is 5.36. The highest BCUT2D eigenvalue weighted by Gasteiger charge is 2.26. The van der Waals surface area contributed by atoms with Crippen LogP contribution in [-0.2, 0) is 0 Å². The maximum absolute atomic E-state index is 6.19. The van der Waals surface area contributed by atoms with Crippen molar-refractivity contribution in [3.05, 3.63) is 35.7 Å². The van der Waals surface area contributed by atoms with Crippen LogP contribution in [0.2, 0.25) is 0 Å². The maximum Gasteiger partial charge on any atom is 0.257 e. The van der Waals surface area contributed by atoms with Crippen molar-refractivity contribution in [2.75, 3.05) is 33.4 Å². The second-order valence-electron chi connectivity index (χ2n) is 7.25. The molecular weight excluding hydrogens is 358 g/mol. The molecular formula is C21H27N3O4. The van der Waals surface area contributed by atoms with E-state index in [1.807, 2.05) is 31.2 Å². The average molecular weight is 385 g/mol. The molecule has 2 aliphatic heterocycles. The van der Waals surface area contributed by atoms with E-state index in [9.17, 15) is 0 Å². The molecule has 4 rings (SSSR count). The Bertz CT molecular complexity index is 821. The Balaban J connectivity index is 1.35. The van der Waals surface area contributed by atoms with E-state index < -0.39 is 0 Å². The number of hydrogen-bond donors (Lipinski definition) is 0. The van der Waals surface area contributed by atoms with Gasteiger partial charge in [0.25, 0.3) is 5.88 Å². The topological polar surface area (TPSA) is 65.9 Å². The SMILES string of the molecule is COc1cc(OC2CCN([C@@H](C)c3ccc4c(n3)OCCO4)CC2)cc(C)n1. The van der Waals surface area contributed by atoms with E-state index in [-0.39, 0.29) is 12.1 Å². The van der Waals surface area contributed by atoms with Crippen molar-refractivity contribution in [2.24, 2.45) is 0 Å². The van der Waals surface area contributed by atoms with Crippen LogP contribution >= 0.6 is 0 Å². The van der Waals surface area contributed by atoms with Gasteiger partial charge >= 0.3 is 0 Å². The monoisotopic (exact) mass is 385 g/mol. The Labute approximate surface area is 165 Å². The molecule has 0 spiro atoms. The lowest BCUT2D eigenvalue weighted by Crippen LogP contribution is -2.39. The lowest BCUT2D eigenvalue weighted by Gasteiger charge is -2.36. The van der Waals surface area contributed by atoms with Gasteiger partial charge in [0.1, 0.15) is 25.1 Å². The van der Waals surface area contributed by atoms with E-state index in [4.69, 9.17) is 18.9 Å². The summed E-state index contributed by atoms with van der Waals surface area (Å²) < 4.78 is 22.6. The number of aromatic nitrogens is 2. The number of likely N-dealkylation sites (tertiary alicyclic amines) is 1. The zero-order chi connectivity index (χ0) is 19.5. The van der Waals surface area contributed by atoms with Gasteiger partial charge in [-0.15, -0.1) is 0 Å². The van der Waals surface area contributed by atoms with E-state index in [1.165, 1.54) is 0 Å². The lowest BCUT2D eigenvalue weighted by atomic mass is 10.0. The fourth-order valence-electron chi connectivity index (χ4n) is 3.72. The van der Waals surface area contributed by atoms with Crippen LogP contribution in [0, 0.1) is 6.92 Å². The fraction of sp³-hybridized carbons (Fsp3) is 0.524. The fourth-order valence-corrected chi connectivity index (χ4v) is 3.72. The van der Waals surface area contributed by atoms with Gasteiger partial charge in [-0.1, -0.05) is 0 Å². The summed E-state index contributed by atoms with van der Waals surface area (Å²) in [5.41, 5.74) is 1.91. The van der Waals surface area contributed by atoms with Crippen LogP contribution in [0.25, 0.3) is 0 Å². The van der Waals surface area contributed by atoms with Crippen molar-refractivity contribution in [2.45, 2.75) is 38.8 Å². The van der Waals surface area contributed by atoms with Crippen LogP contribution in [0.3, 0.4) is 0 Å². The number of ether oxygens (including phenoxy) is 4. The number of piperidine rings is 1. The molecule has 0 radical (unpaired) electrons. The highest BCUT2D eigenvalue weighted by Crippen LogP contribution is 2.32. The summed E-state index contributed by atoms with van der Waals surface area (Å²) >= 11 is 0. The van der Waals surface area contributed by atoms with Gasteiger partial charge in [-0.2, -0.15) is 0 Å². The minimum Gasteiger partial charge on any atom is -0.490 e. The van der Waals surface area contributed by atoms with Crippen LogP contribution in [-0.4, -0.2) is 54.4 Å². The molecule has 0 N–H and O–H groups in total. The minimum atomic E-state index is 0.197. The summed E-state index contributed by atoms with van der Waals surface area (Å²) in [6, 6.07) is 8.02. The van der Waals surface area contributed by atoms with E-state index >= 15 is 0 Å². The summed E-state index contributed by atoms with van der Waals surface area (Å²) in [4.78, 5) is 11.4. The Hall–Kier alpha value is -2.54. The Morgan fingerprint density at radius 3 is 2.68 bits per heavy atom. The van der Waals surface area contributed by atoms with Gasteiger partial charge in [0.2, 0.25) is 5.88 Å². The van der Waals surface area contributed by atoms with E-state index in [0.29, 0.717) is 25.0 Å². The van der Waals surface area contributed by atoms with Crippen molar-refractivity contribution < 1.29 is 18.9 Å². The summed E-state index contributed by atoms with van der Waals surface area (Å²) in [6.07, 6.45) is 2.14. The maximum atomic E-state index is 6.19. The molecule has 0 bridgehead atoms. The van der Waals surface area contributed by atoms with Gasteiger partial charge in [0.05, 0.1) is 12.8 Å². The lowest BCUT2D eigenvalue weighted by molar-refractivity contribution is 0.0778. The zero-order valence-corrected chi connectivity index (χ0v) is 16.7. The minimum absolute atomic E-state index is 0.197. The van der Waals surface area contributed by atoms with Crippen molar-refractivity contribution in [1.29, 1.82) is 0 Å². The number of pyridine rings is 2. The second kappa shape index (κ2) is 8.22. The molecule has 28 heavy (non-hydrogen) atoms. The van der Waals surface area contributed by atoms with Crippen LogP contribution < -0.4 is 18.9 Å². The van der Waals surface area contributed by atoms with E-state index in [2.05, 4.69) is 21.8 Å². The number of rotatable bonds is 5. The van der Waals surface area contributed by atoms with Gasteiger partial charge < -0.3 is 18.9 Å². The third kappa shape index (κ3) is 4.14. The average Bonchev–Trinajstić information content (AvgIpc) is 2.73. The normalized spacial score (nSPS) is 18.5. The summed E-state index contributed by atoms with van der Waals surface area (Å²) in [7, 11) is 1.62. The molecule has 0 saturated carbocycles. The number of hydrogen-bond acceptors (Lipinski definition) is 7. The first-order valence-electron chi connectivity index (χ1n) is 9.82. The van der Waals surface area contributed by atoms with Gasteiger partial charge in [0, 0.05) is 37.0 Å². The molecule has 4 heterocycles. The smallest absolute Gasteiger partial charge is 0.257 e. The van der Waals surface area contributed by atoms with Crippen LogP contribution in [0.15, 0.2) is 24.3 Å². The molecule has 2 aliphatic rings. The Kier molecular flexibility index (Phi) is 5.52. The molecule has 1 saturated heterocycles. The Morgan fingerprint density at radius 2 is 1.89 bits per heavy atom. The van der Waals surface area contributed by atoms with Crippen molar-refractivity contribution in [3.63, 3.8) is 0 Å². The summed E-state index contributed by atoms with van der Waals surface area (Å²) in [6.45, 7) is 7.20. The molecule has 1 atom stereocenters. The molecule has 2 aromatic heterocycles. The van der Waals surface area contributed by atoms with Gasteiger partial charge in [0.15, 0.2) is 5.75 Å². The molecule has 0 unspecified atom stereocenters. The summed E-state index contributed by atoms with van der Waals surface area (Å²) in [5, 5.41) is 0. The summed E-state index contributed by atoms with van der Waals surface area (Å²) in [5.74, 6) is 2.75. The predicted molar refractivity (Wildman–Crippen MR) is 104 cm³/mol. The molecule has 150 valence electrons. The number of fused-ring (bicyclic) bond motifs is 1. The zero-order valence-electron chi connectivity index (χ0n) is 16.7. The molecule has 2 aromatic rings. The number of aryl methyl sites for hydroxylation is 1. The highest BCUT2D eigenvalue weighted by atomic mass is 16.6. The van der Waals surface area contributed by atoms with Gasteiger partial charge in [-0.25, -0.2) is 9.97 Å². The van der Waals surface area contributed by atoms with E-state index in [0.717, 1.165) is 48.8 Å². The Morgan fingerprint density at radius 1 is 1.11 bits per heavy atom. The van der Waals surface area contributed by atoms with Crippen LogP contribution in [0.1, 0.15) is 37.2 Å². The van der Waals surface area contributed by atoms with Crippen LogP contribution in [0.4, 0.5) is 0 Å². The third-order valence-electron chi connectivity index (χ3n) is 5.29. The van der Waals surface area contributed by atoms with E-state index in [1.54, 1.807) is 7.11 Å². The second-order valence-corrected chi connectivity index (χ2v) is 7.25. The molecule has 1 fully saturated rings. The first kappa shape index (κ1) is 18.8.